The first-order chi connectivity index (χ1) is 12.5. The number of hydrogen-bond donors (Lipinski definition) is 1. The lowest BCUT2D eigenvalue weighted by Gasteiger charge is -2.11. The molecule has 3 rings (SSSR count). The van der Waals surface area contributed by atoms with Gasteiger partial charge >= 0.3 is 0 Å². The molecule has 0 bridgehead atoms. The summed E-state index contributed by atoms with van der Waals surface area (Å²) in [5.74, 6) is 0.607. The van der Waals surface area contributed by atoms with E-state index in [1.807, 2.05) is 24.3 Å². The number of aryl methyl sites for hydroxylation is 1. The number of nitrogens with zero attached hydrogens (tertiary/aromatic N) is 4. The quantitative estimate of drug-likeness (QED) is 0.719. The zero-order valence-electron chi connectivity index (χ0n) is 14.8. The molecule has 0 aliphatic heterocycles. The Morgan fingerprint density at radius 1 is 1.38 bits per heavy atom. The molecule has 0 fully saturated rings. The van der Waals surface area contributed by atoms with E-state index in [1.165, 1.54) is 0 Å². The molecule has 2 aromatic heterocycles. The summed E-state index contributed by atoms with van der Waals surface area (Å²) in [7, 11) is 1.64. The number of benzene rings is 1. The van der Waals surface area contributed by atoms with Gasteiger partial charge < -0.3 is 10.1 Å². The number of carbonyl (C=O) groups is 1. The third kappa shape index (κ3) is 4.05. The Bertz CT molecular complexity index is 898. The highest BCUT2D eigenvalue weighted by Gasteiger charge is 2.18. The van der Waals surface area contributed by atoms with Gasteiger partial charge in [-0.25, -0.2) is 0 Å². The fraction of sp³-hybridized carbons (Fsp3) is 0.278. The molecule has 7 nitrogen and oxygen atoms in total. The molecule has 0 radical (unpaired) electrons. The highest BCUT2D eigenvalue weighted by atomic mass is 35.5. The van der Waals surface area contributed by atoms with Crippen LogP contribution in [-0.4, -0.2) is 32.6 Å². The number of halogens is 1. The second-order valence-electron chi connectivity index (χ2n) is 5.99. The van der Waals surface area contributed by atoms with E-state index >= 15 is 0 Å². The minimum atomic E-state index is -0.483. The lowest BCUT2D eigenvalue weighted by atomic mass is 10.2. The monoisotopic (exact) mass is 373 g/mol. The molecular formula is C18H20ClN5O2. The van der Waals surface area contributed by atoms with Gasteiger partial charge in [0.1, 0.15) is 11.8 Å². The summed E-state index contributed by atoms with van der Waals surface area (Å²) in [5.41, 5.74) is 2.37. The van der Waals surface area contributed by atoms with Crippen LogP contribution >= 0.6 is 11.6 Å². The van der Waals surface area contributed by atoms with E-state index < -0.39 is 6.04 Å². The first-order valence-corrected chi connectivity index (χ1v) is 8.51. The Hall–Kier alpha value is -2.80. The van der Waals surface area contributed by atoms with Crippen LogP contribution in [0, 0.1) is 6.92 Å². The van der Waals surface area contributed by atoms with E-state index in [9.17, 15) is 4.79 Å². The molecule has 1 atom stereocenters. The number of carbonyl (C=O) groups excluding carboxylic acids is 1. The van der Waals surface area contributed by atoms with Crippen LogP contribution in [0.15, 0.2) is 42.9 Å². The number of methoxy groups -OCH3 is 1. The highest BCUT2D eigenvalue weighted by Crippen LogP contribution is 2.18. The van der Waals surface area contributed by atoms with Crippen LogP contribution in [0.2, 0.25) is 5.02 Å². The van der Waals surface area contributed by atoms with Crippen molar-refractivity contribution in [1.29, 1.82) is 0 Å². The number of hydrogen-bond acceptors (Lipinski definition) is 4. The lowest BCUT2D eigenvalue weighted by Crippen LogP contribution is -2.23. The van der Waals surface area contributed by atoms with Gasteiger partial charge in [-0.05, 0) is 31.5 Å². The summed E-state index contributed by atoms with van der Waals surface area (Å²) in [4.78, 5) is 12.4. The van der Waals surface area contributed by atoms with Crippen molar-refractivity contribution in [1.82, 2.24) is 19.6 Å². The molecule has 1 N–H and O–H groups in total. The number of anilines is 1. The van der Waals surface area contributed by atoms with Gasteiger partial charge in [0.25, 0.3) is 0 Å². The maximum absolute atomic E-state index is 12.4. The van der Waals surface area contributed by atoms with Gasteiger partial charge in [-0.15, -0.1) is 0 Å². The van der Waals surface area contributed by atoms with Gasteiger partial charge in [0, 0.05) is 12.4 Å². The second kappa shape index (κ2) is 7.61. The van der Waals surface area contributed by atoms with Gasteiger partial charge in [-0.2, -0.15) is 10.2 Å². The summed E-state index contributed by atoms with van der Waals surface area (Å²) < 4.78 is 8.53. The topological polar surface area (TPSA) is 74.0 Å². The van der Waals surface area contributed by atoms with E-state index in [1.54, 1.807) is 48.9 Å². The van der Waals surface area contributed by atoms with Gasteiger partial charge in [-0.3, -0.25) is 14.2 Å². The summed E-state index contributed by atoms with van der Waals surface area (Å²) in [6, 6.07) is 7.28. The molecule has 0 saturated heterocycles. The first-order valence-electron chi connectivity index (χ1n) is 8.14. The van der Waals surface area contributed by atoms with Crippen LogP contribution in [0.25, 0.3) is 0 Å². The molecule has 2 heterocycles. The number of aromatic nitrogens is 4. The molecule has 8 heteroatoms. The summed E-state index contributed by atoms with van der Waals surface area (Å²) in [5, 5.41) is 11.9. The van der Waals surface area contributed by atoms with E-state index in [0.717, 1.165) is 11.3 Å². The third-order valence-electron chi connectivity index (χ3n) is 4.01. The van der Waals surface area contributed by atoms with E-state index in [-0.39, 0.29) is 5.91 Å². The molecule has 0 spiro atoms. The molecule has 1 aromatic carbocycles. The molecule has 0 aliphatic rings. The number of ether oxygens (including phenoxy) is 1. The largest absolute Gasteiger partial charge is 0.497 e. The SMILES string of the molecule is COc1cccc(Cn2cc(NC(=O)C(C)n3cc(Cl)c(C)n3)cn2)c1. The minimum Gasteiger partial charge on any atom is -0.497 e. The van der Waals surface area contributed by atoms with Crippen LogP contribution in [0.4, 0.5) is 5.69 Å². The van der Waals surface area contributed by atoms with E-state index in [0.29, 0.717) is 22.9 Å². The van der Waals surface area contributed by atoms with Crippen molar-refractivity contribution in [2.75, 3.05) is 12.4 Å². The Labute approximate surface area is 156 Å². The lowest BCUT2D eigenvalue weighted by molar-refractivity contribution is -0.119. The molecular weight excluding hydrogens is 354 g/mol. The number of rotatable bonds is 6. The van der Waals surface area contributed by atoms with E-state index in [4.69, 9.17) is 16.3 Å². The first kappa shape index (κ1) is 18.0. The Balaban J connectivity index is 1.64. The van der Waals surface area contributed by atoms with Crippen LogP contribution < -0.4 is 10.1 Å². The summed E-state index contributed by atoms with van der Waals surface area (Å²) in [6.45, 7) is 4.14. The zero-order chi connectivity index (χ0) is 18.7. The fourth-order valence-electron chi connectivity index (χ4n) is 2.50. The van der Waals surface area contributed by atoms with Gasteiger partial charge in [0.15, 0.2) is 0 Å². The Kier molecular flexibility index (Phi) is 5.27. The smallest absolute Gasteiger partial charge is 0.249 e. The van der Waals surface area contributed by atoms with E-state index in [2.05, 4.69) is 15.5 Å². The minimum absolute atomic E-state index is 0.190. The zero-order valence-corrected chi connectivity index (χ0v) is 15.6. The van der Waals surface area contributed by atoms with Crippen molar-refractivity contribution in [2.24, 2.45) is 0 Å². The van der Waals surface area contributed by atoms with Gasteiger partial charge in [0.05, 0.1) is 36.3 Å². The van der Waals surface area contributed by atoms with Crippen molar-refractivity contribution < 1.29 is 9.53 Å². The maximum atomic E-state index is 12.4. The van der Waals surface area contributed by atoms with Gasteiger partial charge in [0.2, 0.25) is 5.91 Å². The summed E-state index contributed by atoms with van der Waals surface area (Å²) >= 11 is 6.00. The number of amides is 1. The predicted octanol–water partition coefficient (Wildman–Crippen LogP) is 3.30. The van der Waals surface area contributed by atoms with Crippen LogP contribution in [0.5, 0.6) is 5.75 Å². The Morgan fingerprint density at radius 3 is 2.88 bits per heavy atom. The van der Waals surface area contributed by atoms with Gasteiger partial charge in [-0.1, -0.05) is 23.7 Å². The van der Waals surface area contributed by atoms with Crippen molar-refractivity contribution in [3.63, 3.8) is 0 Å². The van der Waals surface area contributed by atoms with Crippen molar-refractivity contribution in [3.05, 3.63) is 59.1 Å². The van der Waals surface area contributed by atoms with Crippen LogP contribution in [0.1, 0.15) is 24.2 Å². The molecule has 0 aliphatic carbocycles. The second-order valence-corrected chi connectivity index (χ2v) is 6.39. The summed E-state index contributed by atoms with van der Waals surface area (Å²) in [6.07, 6.45) is 5.05. The highest BCUT2D eigenvalue weighted by molar-refractivity contribution is 6.31. The average Bonchev–Trinajstić information content (AvgIpc) is 3.20. The van der Waals surface area contributed by atoms with Crippen molar-refractivity contribution in [3.8, 4) is 5.75 Å². The third-order valence-corrected chi connectivity index (χ3v) is 4.38. The standard InChI is InChI=1S/C18H20ClN5O2/c1-12-17(19)11-24(22-12)13(2)18(25)21-15-8-20-23(10-15)9-14-5-4-6-16(7-14)26-3/h4-8,10-11,13H,9H2,1-3H3,(H,21,25). The molecule has 0 saturated carbocycles. The van der Waals surface area contributed by atoms with Crippen LogP contribution in [0.3, 0.4) is 0 Å². The predicted molar refractivity (Wildman–Crippen MR) is 99.6 cm³/mol. The number of nitrogens with one attached hydrogen (secondary N) is 1. The molecule has 136 valence electrons. The van der Waals surface area contributed by atoms with Crippen molar-refractivity contribution >= 4 is 23.2 Å². The molecule has 1 amide bonds. The molecule has 26 heavy (non-hydrogen) atoms. The fourth-order valence-corrected chi connectivity index (χ4v) is 2.63. The maximum Gasteiger partial charge on any atom is 0.249 e. The normalized spacial score (nSPS) is 12.0. The molecule has 1 unspecified atom stereocenters. The van der Waals surface area contributed by atoms with Crippen LogP contribution in [-0.2, 0) is 11.3 Å². The average molecular weight is 374 g/mol. The van der Waals surface area contributed by atoms with Crippen molar-refractivity contribution in [2.45, 2.75) is 26.4 Å². The Morgan fingerprint density at radius 2 is 2.19 bits per heavy atom. The molecule has 3 aromatic rings.